The highest BCUT2D eigenvalue weighted by Crippen LogP contribution is 1.88. The fraction of sp³-hybridized carbons (Fsp3) is 0. The Labute approximate surface area is 43.8 Å². The summed E-state index contributed by atoms with van der Waals surface area (Å²) < 4.78 is 3.90. The molecular weight excluding hydrogens is 116 g/mol. The lowest BCUT2D eigenvalue weighted by molar-refractivity contribution is -0.237. The van der Waals surface area contributed by atoms with Crippen LogP contribution in [0.5, 0.6) is 0 Å². The Kier molecular flexibility index (Phi) is 8.80. The molecule has 0 heterocycles. The number of hydrogen-bond donors (Lipinski definition) is 2. The molecule has 0 spiro atoms. The molecule has 0 saturated carbocycles. The maximum atomic E-state index is 9.41. The van der Waals surface area contributed by atoms with Crippen molar-refractivity contribution in [2.24, 2.45) is 0 Å². The molecule has 42 valence electrons. The average Bonchev–Trinajstić information content (AvgIpc) is 1.35. The zero-order valence-electron chi connectivity index (χ0n) is 4.00. The molecule has 7 heavy (non-hydrogen) atoms. The summed E-state index contributed by atoms with van der Waals surface area (Å²) in [6.07, 6.45) is 3.12. The Morgan fingerprint density at radius 2 is 2.29 bits per heavy atom. The van der Waals surface area contributed by atoms with Crippen LogP contribution in [0.4, 0.5) is 0 Å². The minimum absolute atomic E-state index is 0. The van der Waals surface area contributed by atoms with E-state index in [0.29, 0.717) is 0 Å². The molecular formula is CH7BNO3P. The van der Waals surface area contributed by atoms with Crippen LogP contribution in [-0.2, 0) is 4.44 Å². The molecule has 0 saturated heterocycles. The first-order chi connectivity index (χ1) is 2.77. The molecule has 5 N–H and O–H groups in total. The third-order valence-corrected chi connectivity index (χ3v) is 0.494. The summed E-state index contributed by atoms with van der Waals surface area (Å²) in [6.45, 7) is 0. The fourth-order valence-corrected chi connectivity index (χ4v) is 0.191. The summed E-state index contributed by atoms with van der Waals surface area (Å²) in [5.74, 6) is 0. The molecule has 6 heteroatoms. The van der Waals surface area contributed by atoms with Crippen molar-refractivity contribution in [2.45, 2.75) is 0 Å². The van der Waals surface area contributed by atoms with E-state index in [-0.39, 0.29) is 14.6 Å². The van der Waals surface area contributed by atoms with Crippen molar-refractivity contribution in [3.05, 3.63) is 0 Å². The Bertz CT molecular complexity index is 50.2. The minimum Gasteiger partial charge on any atom is -0.831 e. The van der Waals surface area contributed by atoms with Crippen LogP contribution in [0.25, 0.3) is 0 Å². The second-order valence-electron chi connectivity index (χ2n) is 0.542. The van der Waals surface area contributed by atoms with E-state index >= 15 is 0 Å². The first-order valence-electron chi connectivity index (χ1n) is 1.23. The molecule has 0 aromatic rings. The Morgan fingerprint density at radius 1 is 1.86 bits per heavy atom. The van der Waals surface area contributed by atoms with E-state index in [1.54, 1.807) is 0 Å². The normalized spacial score (nSPS) is 7.71. The van der Waals surface area contributed by atoms with Gasteiger partial charge in [-0.25, -0.2) is 0 Å². The van der Waals surface area contributed by atoms with E-state index < -0.39 is 7.32 Å². The van der Waals surface area contributed by atoms with Crippen molar-refractivity contribution in [1.82, 2.24) is 6.15 Å². The summed E-state index contributed by atoms with van der Waals surface area (Å²) in [7, 11) is -1.72. The molecule has 0 fully saturated rings. The predicted octanol–water partition coefficient (Wildman–Crippen LogP) is -0.990. The third kappa shape index (κ3) is 10.7. The van der Waals surface area contributed by atoms with Gasteiger partial charge >= 0.3 is 7.32 Å². The first-order valence-corrected chi connectivity index (χ1v) is 2.23. The highest BCUT2D eigenvalue weighted by molar-refractivity contribution is 7.32. The topological polar surface area (TPSA) is 89.0 Å². The van der Waals surface area contributed by atoms with Gasteiger partial charge in [-0.2, -0.15) is 0 Å². The molecule has 0 aliphatic rings. The van der Waals surface area contributed by atoms with E-state index in [0.717, 1.165) is 0 Å². The standard InChI is InChI=1S/CH3BO3P.H3N/c1-6-5-2(3)4;/h3H,1H2;1H3/q-1;/p+1. The molecule has 0 atom stereocenters. The smallest absolute Gasteiger partial charge is 0.353 e. The fourth-order valence-electron chi connectivity index (χ4n) is 0.0638. The molecule has 4 nitrogen and oxygen atoms in total. The van der Waals surface area contributed by atoms with Crippen molar-refractivity contribution in [3.63, 3.8) is 0 Å². The van der Waals surface area contributed by atoms with Crippen molar-refractivity contribution < 1.29 is 14.5 Å². The molecule has 0 bridgehead atoms. The summed E-state index contributed by atoms with van der Waals surface area (Å²) in [5, 5.41) is 17.1. The maximum absolute atomic E-state index is 9.41. The van der Waals surface area contributed by atoms with E-state index in [9.17, 15) is 5.02 Å². The molecule has 0 aliphatic carbocycles. The highest BCUT2D eigenvalue weighted by atomic mass is 31.1. The first kappa shape index (κ1) is 10.1. The Hall–Kier alpha value is 0.0749. The van der Waals surface area contributed by atoms with Gasteiger partial charge in [0.15, 0.2) is 0 Å². The Morgan fingerprint density at radius 3 is 2.29 bits per heavy atom. The molecule has 0 aromatic carbocycles. The maximum Gasteiger partial charge on any atom is 0.353 e. The number of hydrogen-bond acceptors (Lipinski definition) is 3. The van der Waals surface area contributed by atoms with Gasteiger partial charge in [0, 0.05) is 8.43 Å². The van der Waals surface area contributed by atoms with E-state index in [2.05, 4.69) is 10.7 Å². The van der Waals surface area contributed by atoms with Gasteiger partial charge in [-0.15, -0.1) is 0 Å². The van der Waals surface area contributed by atoms with Gasteiger partial charge in [0.25, 0.3) is 0 Å². The van der Waals surface area contributed by atoms with Gasteiger partial charge in [0.1, 0.15) is 0 Å². The van der Waals surface area contributed by atoms with Crippen LogP contribution >= 0.6 is 8.43 Å². The van der Waals surface area contributed by atoms with Crippen molar-refractivity contribution in [1.29, 1.82) is 0 Å². The van der Waals surface area contributed by atoms with Crippen LogP contribution in [0.2, 0.25) is 0 Å². The van der Waals surface area contributed by atoms with Crippen LogP contribution in [0.1, 0.15) is 0 Å². The lowest BCUT2D eigenvalue weighted by Gasteiger charge is -2.02. The van der Waals surface area contributed by atoms with Crippen LogP contribution in [-0.4, -0.2) is 18.6 Å². The van der Waals surface area contributed by atoms with Gasteiger partial charge in [-0.1, -0.05) is 0 Å². The lowest BCUT2D eigenvalue weighted by Crippen LogP contribution is -2.30. The predicted molar refractivity (Wildman–Crippen MR) is 29.1 cm³/mol. The Balaban J connectivity index is 0. The highest BCUT2D eigenvalue weighted by Gasteiger charge is 1.82. The molecule has 0 rings (SSSR count). The van der Waals surface area contributed by atoms with Crippen LogP contribution in [0.3, 0.4) is 0 Å². The largest absolute Gasteiger partial charge is 0.831 e. The number of rotatable bonds is 2. The third-order valence-electron chi connectivity index (χ3n) is 0.165. The zero-order chi connectivity index (χ0) is 4.99. The molecule has 0 aromatic heterocycles. The average molecular weight is 123 g/mol. The van der Waals surface area contributed by atoms with Gasteiger partial charge in [-0.05, 0) is 6.30 Å². The summed E-state index contributed by atoms with van der Waals surface area (Å²) in [5.41, 5.74) is 0. The van der Waals surface area contributed by atoms with Gasteiger partial charge in [0.05, 0.1) is 0 Å². The van der Waals surface area contributed by atoms with Crippen LogP contribution in [0.15, 0.2) is 0 Å². The van der Waals surface area contributed by atoms with E-state index in [1.165, 1.54) is 0 Å². The van der Waals surface area contributed by atoms with Gasteiger partial charge in [-0.3, -0.25) is 0 Å². The monoisotopic (exact) mass is 123 g/mol. The molecule has 0 radical (unpaired) electrons. The van der Waals surface area contributed by atoms with Gasteiger partial charge in [0.2, 0.25) is 0 Å². The zero-order valence-corrected chi connectivity index (χ0v) is 4.89. The van der Waals surface area contributed by atoms with E-state index in [4.69, 9.17) is 5.02 Å². The van der Waals surface area contributed by atoms with Gasteiger partial charge < -0.3 is 20.6 Å². The van der Waals surface area contributed by atoms with E-state index in [1.807, 2.05) is 0 Å². The van der Waals surface area contributed by atoms with Crippen molar-refractivity contribution in [3.8, 4) is 0 Å². The second kappa shape index (κ2) is 6.07. The molecule has 0 aliphatic heterocycles. The summed E-state index contributed by atoms with van der Waals surface area (Å²) in [6, 6.07) is 0. The minimum atomic E-state index is -1.93. The SMILES string of the molecule is C=POB([O-])O.[NH4+]. The number of quaternary nitrogens is 1. The lowest BCUT2D eigenvalue weighted by atomic mass is 10.3. The van der Waals surface area contributed by atoms with Crippen LogP contribution in [0, 0.1) is 0 Å². The van der Waals surface area contributed by atoms with Crippen LogP contribution < -0.4 is 11.2 Å². The molecule has 0 unspecified atom stereocenters. The summed E-state index contributed by atoms with van der Waals surface area (Å²) in [4.78, 5) is 0. The second-order valence-corrected chi connectivity index (χ2v) is 1.01. The van der Waals surface area contributed by atoms with Crippen molar-refractivity contribution >= 4 is 22.1 Å². The quantitative estimate of drug-likeness (QED) is 0.364. The molecule has 0 amide bonds. The van der Waals surface area contributed by atoms with Crippen molar-refractivity contribution in [2.75, 3.05) is 0 Å². The summed E-state index contributed by atoms with van der Waals surface area (Å²) >= 11 is 0.